The number of aromatic amines is 1. The standard InChI is InChI=1S/C32H23N3.C6H6/c1-2-21-9-3-6-12-28(21)33-22-15-17-24-27-20-23(16-18-29(27)34-30(24)19-22)35-31-13-7-4-10-25(31)26-11-5-8-14-32(26)35;1-2-4-6-5-3-1/h2-20,33-34H,1H2;1-6H. The highest BCUT2D eigenvalue weighted by Gasteiger charge is 2.13. The van der Waals surface area contributed by atoms with Crippen LogP contribution in [0.5, 0.6) is 0 Å². The first kappa shape index (κ1) is 24.5. The van der Waals surface area contributed by atoms with Crippen LogP contribution in [0, 0.1) is 0 Å². The number of rotatable bonds is 4. The molecule has 8 rings (SSSR count). The van der Waals surface area contributed by atoms with Crippen LogP contribution in [0.3, 0.4) is 0 Å². The van der Waals surface area contributed by atoms with Crippen molar-refractivity contribution in [1.82, 2.24) is 9.55 Å². The lowest BCUT2D eigenvalue weighted by atomic mass is 10.1. The Kier molecular flexibility index (Phi) is 6.31. The lowest BCUT2D eigenvalue weighted by Crippen LogP contribution is -1.93. The fraction of sp³-hybridized carbons (Fsp3) is 0. The van der Waals surface area contributed by atoms with Crippen molar-refractivity contribution in [2.75, 3.05) is 5.32 Å². The molecule has 0 fully saturated rings. The fourth-order valence-electron chi connectivity index (χ4n) is 5.64. The van der Waals surface area contributed by atoms with E-state index in [9.17, 15) is 0 Å². The largest absolute Gasteiger partial charge is 0.355 e. The van der Waals surface area contributed by atoms with Gasteiger partial charge in [-0.05, 0) is 54.1 Å². The molecule has 196 valence electrons. The van der Waals surface area contributed by atoms with E-state index in [1.54, 1.807) is 0 Å². The number of H-pyrrole nitrogens is 1. The molecule has 0 aliphatic carbocycles. The Hall–Kier alpha value is -5.54. The van der Waals surface area contributed by atoms with Gasteiger partial charge in [0.1, 0.15) is 0 Å². The van der Waals surface area contributed by atoms with Crippen molar-refractivity contribution in [2.24, 2.45) is 0 Å². The highest BCUT2D eigenvalue weighted by atomic mass is 15.0. The quantitative estimate of drug-likeness (QED) is 0.234. The Bertz CT molecular complexity index is 2070. The Morgan fingerprint density at radius 2 is 1.17 bits per heavy atom. The average Bonchev–Trinajstić information content (AvgIpc) is 3.57. The molecule has 0 atom stereocenters. The Labute approximate surface area is 239 Å². The van der Waals surface area contributed by atoms with Crippen LogP contribution in [-0.2, 0) is 0 Å². The van der Waals surface area contributed by atoms with Gasteiger partial charge in [-0.3, -0.25) is 0 Å². The first-order valence-electron chi connectivity index (χ1n) is 13.8. The summed E-state index contributed by atoms with van der Waals surface area (Å²) >= 11 is 0. The molecule has 41 heavy (non-hydrogen) atoms. The van der Waals surface area contributed by atoms with Crippen molar-refractivity contribution >= 4 is 61.1 Å². The number of nitrogens with one attached hydrogen (secondary N) is 2. The number of para-hydroxylation sites is 3. The molecule has 0 bridgehead atoms. The van der Waals surface area contributed by atoms with E-state index in [4.69, 9.17) is 0 Å². The Balaban J connectivity index is 0.000000412. The molecular weight excluding hydrogens is 498 g/mol. The van der Waals surface area contributed by atoms with Gasteiger partial charge >= 0.3 is 0 Å². The van der Waals surface area contributed by atoms with E-state index in [2.05, 4.69) is 119 Å². The number of hydrogen-bond donors (Lipinski definition) is 2. The van der Waals surface area contributed by atoms with Gasteiger partial charge in [-0.1, -0.05) is 110 Å². The smallest absolute Gasteiger partial charge is 0.0541 e. The van der Waals surface area contributed by atoms with Crippen LogP contribution in [0.4, 0.5) is 11.4 Å². The molecule has 0 radical (unpaired) electrons. The third kappa shape index (κ3) is 4.54. The predicted molar refractivity (Wildman–Crippen MR) is 176 cm³/mol. The second kappa shape index (κ2) is 10.6. The van der Waals surface area contributed by atoms with Crippen molar-refractivity contribution in [1.29, 1.82) is 0 Å². The van der Waals surface area contributed by atoms with Gasteiger partial charge in [-0.15, -0.1) is 0 Å². The number of anilines is 2. The minimum atomic E-state index is 1.04. The molecule has 2 aromatic heterocycles. The fourth-order valence-corrected chi connectivity index (χ4v) is 5.64. The van der Waals surface area contributed by atoms with Crippen LogP contribution >= 0.6 is 0 Å². The molecule has 0 spiro atoms. The minimum absolute atomic E-state index is 1.04. The zero-order valence-electron chi connectivity index (χ0n) is 22.6. The topological polar surface area (TPSA) is 32.8 Å². The van der Waals surface area contributed by atoms with Gasteiger partial charge in [0, 0.05) is 49.6 Å². The summed E-state index contributed by atoms with van der Waals surface area (Å²) in [5, 5.41) is 8.52. The van der Waals surface area contributed by atoms with Gasteiger partial charge in [0.2, 0.25) is 0 Å². The monoisotopic (exact) mass is 527 g/mol. The molecule has 0 saturated carbocycles. The van der Waals surface area contributed by atoms with E-state index in [1.165, 1.54) is 32.6 Å². The number of fused-ring (bicyclic) bond motifs is 6. The molecular formula is C38H29N3. The molecule has 3 heteroatoms. The summed E-state index contributed by atoms with van der Waals surface area (Å²) in [6.45, 7) is 3.93. The summed E-state index contributed by atoms with van der Waals surface area (Å²) in [6.07, 6.45) is 1.87. The van der Waals surface area contributed by atoms with E-state index in [1.807, 2.05) is 54.6 Å². The SMILES string of the molecule is C=Cc1ccccc1Nc1ccc2c(c1)[nH]c1ccc(-n3c4ccccc4c4ccccc43)cc12.c1ccccc1. The number of aromatic nitrogens is 2. The number of benzene rings is 6. The van der Waals surface area contributed by atoms with Crippen LogP contribution in [0.15, 0.2) is 152 Å². The third-order valence-corrected chi connectivity index (χ3v) is 7.55. The molecule has 0 amide bonds. The van der Waals surface area contributed by atoms with Gasteiger partial charge in [0.05, 0.1) is 11.0 Å². The first-order valence-corrected chi connectivity index (χ1v) is 13.8. The van der Waals surface area contributed by atoms with Crippen LogP contribution in [0.2, 0.25) is 0 Å². The minimum Gasteiger partial charge on any atom is -0.355 e. The summed E-state index contributed by atoms with van der Waals surface area (Å²) in [5.41, 5.74) is 9.03. The van der Waals surface area contributed by atoms with Crippen LogP contribution in [0.25, 0.3) is 55.4 Å². The summed E-state index contributed by atoms with van der Waals surface area (Å²) in [6, 6.07) is 50.7. The second-order valence-corrected chi connectivity index (χ2v) is 10.1. The Morgan fingerprint density at radius 3 is 1.85 bits per heavy atom. The summed E-state index contributed by atoms with van der Waals surface area (Å²) in [4.78, 5) is 3.61. The summed E-state index contributed by atoms with van der Waals surface area (Å²) in [7, 11) is 0. The molecule has 0 aliphatic heterocycles. The second-order valence-electron chi connectivity index (χ2n) is 10.1. The molecule has 8 aromatic rings. The lowest BCUT2D eigenvalue weighted by molar-refractivity contribution is 1.19. The van der Waals surface area contributed by atoms with Crippen molar-refractivity contribution < 1.29 is 0 Å². The Morgan fingerprint density at radius 1 is 0.537 bits per heavy atom. The van der Waals surface area contributed by atoms with Crippen molar-refractivity contribution in [2.45, 2.75) is 0 Å². The van der Waals surface area contributed by atoms with Crippen LogP contribution in [-0.4, -0.2) is 9.55 Å². The molecule has 0 aliphatic rings. The average molecular weight is 528 g/mol. The lowest BCUT2D eigenvalue weighted by Gasteiger charge is -2.10. The zero-order valence-corrected chi connectivity index (χ0v) is 22.6. The van der Waals surface area contributed by atoms with E-state index in [-0.39, 0.29) is 0 Å². The maximum Gasteiger partial charge on any atom is 0.0541 e. The van der Waals surface area contributed by atoms with E-state index in [0.29, 0.717) is 0 Å². The van der Waals surface area contributed by atoms with Gasteiger partial charge in [0.15, 0.2) is 0 Å². The van der Waals surface area contributed by atoms with E-state index < -0.39 is 0 Å². The van der Waals surface area contributed by atoms with Gasteiger partial charge < -0.3 is 14.9 Å². The van der Waals surface area contributed by atoms with Crippen molar-refractivity contribution in [3.63, 3.8) is 0 Å². The van der Waals surface area contributed by atoms with E-state index >= 15 is 0 Å². The maximum atomic E-state index is 3.93. The highest BCUT2D eigenvalue weighted by Crippen LogP contribution is 2.35. The number of hydrogen-bond acceptors (Lipinski definition) is 1. The molecule has 6 aromatic carbocycles. The van der Waals surface area contributed by atoms with Gasteiger partial charge in [-0.2, -0.15) is 0 Å². The number of nitrogens with zero attached hydrogens (tertiary/aromatic N) is 1. The van der Waals surface area contributed by atoms with Crippen molar-refractivity contribution in [3.8, 4) is 5.69 Å². The van der Waals surface area contributed by atoms with Crippen LogP contribution in [0.1, 0.15) is 5.56 Å². The zero-order chi connectivity index (χ0) is 27.6. The van der Waals surface area contributed by atoms with Gasteiger partial charge in [-0.25, -0.2) is 0 Å². The molecule has 0 saturated heterocycles. The predicted octanol–water partition coefficient (Wildman–Crippen LogP) is 10.5. The molecule has 0 unspecified atom stereocenters. The first-order chi connectivity index (χ1) is 20.3. The normalized spacial score (nSPS) is 11.0. The highest BCUT2D eigenvalue weighted by molar-refractivity contribution is 6.11. The van der Waals surface area contributed by atoms with Gasteiger partial charge in [0.25, 0.3) is 0 Å². The maximum absolute atomic E-state index is 3.93. The molecule has 2 heterocycles. The van der Waals surface area contributed by atoms with E-state index in [0.717, 1.165) is 33.7 Å². The summed E-state index contributed by atoms with van der Waals surface area (Å²) in [5.74, 6) is 0. The summed E-state index contributed by atoms with van der Waals surface area (Å²) < 4.78 is 2.37. The molecule has 3 nitrogen and oxygen atoms in total. The molecule has 2 N–H and O–H groups in total. The van der Waals surface area contributed by atoms with Crippen molar-refractivity contribution in [3.05, 3.63) is 158 Å². The third-order valence-electron chi connectivity index (χ3n) is 7.55. The van der Waals surface area contributed by atoms with Crippen LogP contribution < -0.4 is 5.32 Å².